The summed E-state index contributed by atoms with van der Waals surface area (Å²) in [5.74, 6) is -3.57. The van der Waals surface area contributed by atoms with Gasteiger partial charge in [-0.25, -0.2) is 0 Å². The summed E-state index contributed by atoms with van der Waals surface area (Å²) >= 11 is 3.26. The van der Waals surface area contributed by atoms with Gasteiger partial charge in [0.1, 0.15) is 0 Å². The van der Waals surface area contributed by atoms with E-state index in [1.54, 1.807) is 26.0 Å². The fourth-order valence-corrected chi connectivity index (χ4v) is 3.58. The summed E-state index contributed by atoms with van der Waals surface area (Å²) in [6.07, 6.45) is -0.128. The summed E-state index contributed by atoms with van der Waals surface area (Å²) in [6.45, 7) is 3.37. The molecule has 0 aromatic heterocycles. The average Bonchev–Trinajstić information content (AvgIpc) is 2.57. The third-order valence-corrected chi connectivity index (χ3v) is 5.53. The molecule has 138 valence electrons. The number of carboxylic acid groups (broad SMARTS) is 2. The SMILES string of the molecule is CCC(CC)(COC)C(CC(=O)c1ccc(Br)cc1)(C(=O)O)C(=O)O. The van der Waals surface area contributed by atoms with Gasteiger partial charge in [0.05, 0.1) is 6.61 Å². The number of hydrogen-bond donors (Lipinski definition) is 2. The van der Waals surface area contributed by atoms with Gasteiger partial charge in [0.15, 0.2) is 11.2 Å². The van der Waals surface area contributed by atoms with Crippen LogP contribution in [0.25, 0.3) is 0 Å². The molecule has 0 saturated carbocycles. The van der Waals surface area contributed by atoms with E-state index in [9.17, 15) is 24.6 Å². The summed E-state index contributed by atoms with van der Waals surface area (Å²) in [5, 5.41) is 19.7. The number of carbonyl (C=O) groups excluding carboxylic acids is 1. The van der Waals surface area contributed by atoms with Gasteiger partial charge in [0, 0.05) is 29.0 Å². The van der Waals surface area contributed by atoms with E-state index in [1.807, 2.05) is 0 Å². The third kappa shape index (κ3) is 3.93. The molecule has 0 aliphatic rings. The molecule has 7 heteroatoms. The maximum Gasteiger partial charge on any atom is 0.322 e. The number of halogens is 1. The van der Waals surface area contributed by atoms with Gasteiger partial charge in [-0.15, -0.1) is 0 Å². The summed E-state index contributed by atoms with van der Waals surface area (Å²) in [4.78, 5) is 36.9. The standard InChI is InChI=1S/C18H23BrO6/c1-4-17(5-2,11-25-3)18(15(21)22,16(23)24)10-14(20)12-6-8-13(19)9-7-12/h6-9H,4-5,10-11H2,1-3H3,(H,21,22)(H,23,24). The molecule has 0 saturated heterocycles. The highest BCUT2D eigenvalue weighted by Crippen LogP contribution is 2.49. The molecule has 0 aliphatic heterocycles. The molecule has 0 atom stereocenters. The monoisotopic (exact) mass is 414 g/mol. The average molecular weight is 415 g/mol. The number of ether oxygens (including phenoxy) is 1. The molecule has 1 aromatic rings. The Kier molecular flexibility index (Phi) is 7.31. The van der Waals surface area contributed by atoms with Crippen molar-refractivity contribution in [1.82, 2.24) is 0 Å². The van der Waals surface area contributed by atoms with Crippen LogP contribution in [-0.2, 0) is 14.3 Å². The summed E-state index contributed by atoms with van der Waals surface area (Å²) < 4.78 is 5.92. The zero-order chi connectivity index (χ0) is 19.3. The van der Waals surface area contributed by atoms with Crippen molar-refractivity contribution in [3.63, 3.8) is 0 Å². The Labute approximate surface area is 155 Å². The second-order valence-corrected chi connectivity index (χ2v) is 6.96. The number of methoxy groups -OCH3 is 1. The molecule has 0 amide bonds. The van der Waals surface area contributed by atoms with Gasteiger partial charge >= 0.3 is 11.9 Å². The van der Waals surface area contributed by atoms with E-state index in [0.717, 1.165) is 4.47 Å². The highest BCUT2D eigenvalue weighted by Gasteiger charge is 2.61. The lowest BCUT2D eigenvalue weighted by Gasteiger charge is -2.43. The van der Waals surface area contributed by atoms with Gasteiger partial charge in [0.25, 0.3) is 0 Å². The number of carboxylic acids is 2. The van der Waals surface area contributed by atoms with Crippen LogP contribution in [0.4, 0.5) is 0 Å². The number of Topliss-reactive ketones (excluding diaryl/α,β-unsaturated/α-hetero) is 1. The number of carbonyl (C=O) groups is 3. The van der Waals surface area contributed by atoms with Crippen molar-refractivity contribution in [1.29, 1.82) is 0 Å². The highest BCUT2D eigenvalue weighted by atomic mass is 79.9. The summed E-state index contributed by atoms with van der Waals surface area (Å²) in [5.41, 5.74) is -3.20. The van der Waals surface area contributed by atoms with Crippen LogP contribution in [0.15, 0.2) is 28.7 Å². The number of hydrogen-bond acceptors (Lipinski definition) is 4. The van der Waals surface area contributed by atoms with Crippen molar-refractivity contribution in [3.05, 3.63) is 34.3 Å². The molecule has 0 unspecified atom stereocenters. The Hall–Kier alpha value is -1.73. The Morgan fingerprint density at radius 3 is 1.88 bits per heavy atom. The van der Waals surface area contributed by atoms with Crippen LogP contribution in [0, 0.1) is 10.8 Å². The number of rotatable bonds is 10. The van der Waals surface area contributed by atoms with Gasteiger partial charge in [-0.2, -0.15) is 0 Å². The fraction of sp³-hybridized carbons (Fsp3) is 0.500. The predicted molar refractivity (Wildman–Crippen MR) is 95.7 cm³/mol. The quantitative estimate of drug-likeness (QED) is 0.447. The maximum absolute atomic E-state index is 12.7. The second kappa shape index (κ2) is 8.58. The molecule has 1 aromatic carbocycles. The van der Waals surface area contributed by atoms with Crippen molar-refractivity contribution in [2.75, 3.05) is 13.7 Å². The van der Waals surface area contributed by atoms with Crippen molar-refractivity contribution < 1.29 is 29.3 Å². The van der Waals surface area contributed by atoms with Crippen LogP contribution in [0.1, 0.15) is 43.5 Å². The molecular formula is C18H23BrO6. The van der Waals surface area contributed by atoms with Gasteiger partial charge < -0.3 is 14.9 Å². The minimum Gasteiger partial charge on any atom is -0.480 e. The fourth-order valence-electron chi connectivity index (χ4n) is 3.32. The predicted octanol–water partition coefficient (Wildman–Crippen LogP) is 3.63. The van der Waals surface area contributed by atoms with Crippen molar-refractivity contribution in [3.8, 4) is 0 Å². The molecule has 2 N–H and O–H groups in total. The zero-order valence-electron chi connectivity index (χ0n) is 14.5. The maximum atomic E-state index is 12.7. The van der Waals surface area contributed by atoms with Gasteiger partial charge in [-0.1, -0.05) is 41.9 Å². The molecule has 0 fully saturated rings. The van der Waals surface area contributed by atoms with E-state index in [-0.39, 0.29) is 25.0 Å². The first-order chi connectivity index (χ1) is 11.7. The molecule has 0 aliphatic carbocycles. The van der Waals surface area contributed by atoms with Crippen LogP contribution in [0.3, 0.4) is 0 Å². The lowest BCUT2D eigenvalue weighted by Crippen LogP contribution is -2.56. The van der Waals surface area contributed by atoms with Crippen LogP contribution >= 0.6 is 15.9 Å². The first kappa shape index (κ1) is 21.3. The number of aliphatic carboxylic acids is 2. The van der Waals surface area contributed by atoms with Crippen LogP contribution in [-0.4, -0.2) is 41.7 Å². The van der Waals surface area contributed by atoms with E-state index in [4.69, 9.17) is 4.74 Å². The lowest BCUT2D eigenvalue weighted by atomic mass is 9.58. The van der Waals surface area contributed by atoms with Crippen LogP contribution < -0.4 is 0 Å². The molecule has 25 heavy (non-hydrogen) atoms. The Balaban J connectivity index is 3.46. The molecule has 1 rings (SSSR count). The Morgan fingerprint density at radius 1 is 1.04 bits per heavy atom. The van der Waals surface area contributed by atoms with Gasteiger partial charge in [-0.3, -0.25) is 14.4 Å². The normalized spacial score (nSPS) is 12.0. The van der Waals surface area contributed by atoms with Gasteiger partial charge in [0.2, 0.25) is 0 Å². The lowest BCUT2D eigenvalue weighted by molar-refractivity contribution is -0.181. The van der Waals surface area contributed by atoms with E-state index in [0.29, 0.717) is 0 Å². The molecule has 0 radical (unpaired) electrons. The molecule has 6 nitrogen and oxygen atoms in total. The Bertz CT molecular complexity index is 619. The highest BCUT2D eigenvalue weighted by molar-refractivity contribution is 9.10. The molecule has 0 heterocycles. The van der Waals surface area contributed by atoms with Gasteiger partial charge in [-0.05, 0) is 25.0 Å². The first-order valence-electron chi connectivity index (χ1n) is 7.95. The van der Waals surface area contributed by atoms with Crippen LogP contribution in [0.5, 0.6) is 0 Å². The van der Waals surface area contributed by atoms with E-state index < -0.39 is 35.0 Å². The van der Waals surface area contributed by atoms with Crippen molar-refractivity contribution in [2.24, 2.45) is 10.8 Å². The summed E-state index contributed by atoms with van der Waals surface area (Å²) in [7, 11) is 1.39. The largest absolute Gasteiger partial charge is 0.480 e. The first-order valence-corrected chi connectivity index (χ1v) is 8.74. The summed E-state index contributed by atoms with van der Waals surface area (Å²) in [6, 6.07) is 6.38. The molecule has 0 spiro atoms. The van der Waals surface area contributed by atoms with E-state index in [2.05, 4.69) is 15.9 Å². The topological polar surface area (TPSA) is 101 Å². The second-order valence-electron chi connectivity index (χ2n) is 6.04. The van der Waals surface area contributed by atoms with Crippen LogP contribution in [0.2, 0.25) is 0 Å². The smallest absolute Gasteiger partial charge is 0.322 e. The van der Waals surface area contributed by atoms with E-state index in [1.165, 1.54) is 19.2 Å². The number of benzene rings is 1. The van der Waals surface area contributed by atoms with Crippen molar-refractivity contribution >= 4 is 33.7 Å². The third-order valence-electron chi connectivity index (χ3n) is 5.00. The molecular weight excluding hydrogens is 392 g/mol. The van der Waals surface area contributed by atoms with Crippen molar-refractivity contribution in [2.45, 2.75) is 33.1 Å². The van der Waals surface area contributed by atoms with E-state index >= 15 is 0 Å². The minimum atomic E-state index is -2.27. The minimum absolute atomic E-state index is 0.0633. The zero-order valence-corrected chi connectivity index (χ0v) is 16.1. The Morgan fingerprint density at radius 2 is 1.52 bits per heavy atom. The number of ketones is 1. The molecule has 0 bridgehead atoms.